The zero-order chi connectivity index (χ0) is 23.9. The standard InChI is InChI=1S/C25H31N5O3S/c1-18(12-13-19-8-4-3-5-9-19)26-22(31)11-6-10-21-27-28-25-29(15-7-16-33-2)24(32)23-20(30(21)25)14-17-34-23/h3-5,8-9,14,17-18H,6-7,10-13,15-16H2,1-2H3,(H,26,31). The lowest BCUT2D eigenvalue weighted by Gasteiger charge is -2.14. The summed E-state index contributed by atoms with van der Waals surface area (Å²) in [6.45, 7) is 3.13. The highest BCUT2D eigenvalue weighted by molar-refractivity contribution is 7.17. The summed E-state index contributed by atoms with van der Waals surface area (Å²) in [7, 11) is 1.65. The number of hydrogen-bond acceptors (Lipinski definition) is 6. The van der Waals surface area contributed by atoms with Gasteiger partial charge < -0.3 is 10.1 Å². The molecule has 0 saturated heterocycles. The topological polar surface area (TPSA) is 90.5 Å². The first-order valence-electron chi connectivity index (χ1n) is 11.7. The number of nitrogens with one attached hydrogen (secondary N) is 1. The predicted molar refractivity (Wildman–Crippen MR) is 134 cm³/mol. The van der Waals surface area contributed by atoms with Crippen LogP contribution in [0.15, 0.2) is 46.6 Å². The van der Waals surface area contributed by atoms with Crippen molar-refractivity contribution in [2.24, 2.45) is 0 Å². The normalized spacial score (nSPS) is 12.4. The van der Waals surface area contributed by atoms with Crippen LogP contribution in [-0.2, 0) is 28.9 Å². The van der Waals surface area contributed by atoms with Gasteiger partial charge in [0, 0.05) is 39.1 Å². The average molecular weight is 482 g/mol. The number of rotatable bonds is 12. The van der Waals surface area contributed by atoms with E-state index in [2.05, 4.69) is 27.6 Å². The van der Waals surface area contributed by atoms with E-state index in [4.69, 9.17) is 4.74 Å². The number of benzene rings is 1. The van der Waals surface area contributed by atoms with Crippen molar-refractivity contribution in [1.29, 1.82) is 0 Å². The molecule has 1 N–H and O–H groups in total. The molecule has 8 nitrogen and oxygen atoms in total. The SMILES string of the molecule is COCCCn1c(=O)c2sccc2n2c(CCCC(=O)NC(C)CCc3ccccc3)nnc12. The summed E-state index contributed by atoms with van der Waals surface area (Å²) < 4.78 is 9.47. The summed E-state index contributed by atoms with van der Waals surface area (Å²) in [6, 6.07) is 12.4. The first-order valence-corrected chi connectivity index (χ1v) is 12.6. The highest BCUT2D eigenvalue weighted by Crippen LogP contribution is 2.20. The number of aryl methyl sites for hydroxylation is 3. The zero-order valence-corrected chi connectivity index (χ0v) is 20.5. The Morgan fingerprint density at radius 1 is 1.15 bits per heavy atom. The quantitative estimate of drug-likeness (QED) is 0.312. The third kappa shape index (κ3) is 5.53. The van der Waals surface area contributed by atoms with Crippen molar-refractivity contribution in [3.63, 3.8) is 0 Å². The maximum atomic E-state index is 13.0. The summed E-state index contributed by atoms with van der Waals surface area (Å²) in [5.74, 6) is 1.36. The van der Waals surface area contributed by atoms with Gasteiger partial charge in [-0.2, -0.15) is 0 Å². The number of methoxy groups -OCH3 is 1. The maximum absolute atomic E-state index is 13.0. The molecule has 0 fully saturated rings. The number of carbonyl (C=O) groups is 1. The van der Waals surface area contributed by atoms with E-state index in [1.807, 2.05) is 41.0 Å². The number of nitrogens with zero attached hydrogens (tertiary/aromatic N) is 4. The van der Waals surface area contributed by atoms with Crippen LogP contribution in [0.2, 0.25) is 0 Å². The molecule has 34 heavy (non-hydrogen) atoms. The molecule has 180 valence electrons. The van der Waals surface area contributed by atoms with Crippen LogP contribution in [0.25, 0.3) is 16.0 Å². The van der Waals surface area contributed by atoms with Gasteiger partial charge >= 0.3 is 0 Å². The molecular weight excluding hydrogens is 450 g/mol. The molecule has 1 amide bonds. The van der Waals surface area contributed by atoms with Gasteiger partial charge in [0.2, 0.25) is 11.7 Å². The van der Waals surface area contributed by atoms with Gasteiger partial charge in [0.1, 0.15) is 10.5 Å². The summed E-state index contributed by atoms with van der Waals surface area (Å²) in [5.41, 5.74) is 2.06. The molecule has 1 atom stereocenters. The largest absolute Gasteiger partial charge is 0.385 e. The van der Waals surface area contributed by atoms with Crippen molar-refractivity contribution in [3.8, 4) is 0 Å². The first kappa shape index (κ1) is 24.1. The van der Waals surface area contributed by atoms with Gasteiger partial charge in [-0.1, -0.05) is 30.3 Å². The molecule has 0 aliphatic carbocycles. The third-order valence-electron chi connectivity index (χ3n) is 5.93. The Hall–Kier alpha value is -3.04. The molecule has 0 radical (unpaired) electrons. The fourth-order valence-electron chi connectivity index (χ4n) is 4.17. The molecule has 0 saturated carbocycles. The monoisotopic (exact) mass is 481 g/mol. The second-order valence-electron chi connectivity index (χ2n) is 8.54. The highest BCUT2D eigenvalue weighted by Gasteiger charge is 2.17. The van der Waals surface area contributed by atoms with Crippen molar-refractivity contribution < 1.29 is 9.53 Å². The van der Waals surface area contributed by atoms with Crippen LogP contribution < -0.4 is 10.9 Å². The molecule has 0 aliphatic heterocycles. The molecule has 9 heteroatoms. The molecule has 0 aliphatic rings. The van der Waals surface area contributed by atoms with E-state index in [-0.39, 0.29) is 17.5 Å². The van der Waals surface area contributed by atoms with E-state index in [9.17, 15) is 9.59 Å². The van der Waals surface area contributed by atoms with E-state index in [1.165, 1.54) is 16.9 Å². The van der Waals surface area contributed by atoms with Crippen molar-refractivity contribution >= 4 is 33.2 Å². The number of fused-ring (bicyclic) bond motifs is 3. The van der Waals surface area contributed by atoms with Crippen LogP contribution >= 0.6 is 11.3 Å². The van der Waals surface area contributed by atoms with Gasteiger partial charge in [0.15, 0.2) is 0 Å². The Labute approximate surface area is 202 Å². The molecule has 3 heterocycles. The Morgan fingerprint density at radius 3 is 2.76 bits per heavy atom. The Morgan fingerprint density at radius 2 is 1.97 bits per heavy atom. The average Bonchev–Trinajstić information content (AvgIpc) is 3.48. The van der Waals surface area contributed by atoms with E-state index >= 15 is 0 Å². The first-order chi connectivity index (χ1) is 16.6. The van der Waals surface area contributed by atoms with Crippen LogP contribution in [0.3, 0.4) is 0 Å². The van der Waals surface area contributed by atoms with Gasteiger partial charge in [0.05, 0.1) is 5.52 Å². The smallest absolute Gasteiger partial charge is 0.272 e. The van der Waals surface area contributed by atoms with Gasteiger partial charge in [-0.05, 0) is 49.6 Å². The zero-order valence-electron chi connectivity index (χ0n) is 19.7. The van der Waals surface area contributed by atoms with Gasteiger partial charge in [-0.25, -0.2) is 0 Å². The van der Waals surface area contributed by atoms with Gasteiger partial charge in [-0.3, -0.25) is 18.6 Å². The molecule has 4 rings (SSSR count). The number of ether oxygens (including phenoxy) is 1. The maximum Gasteiger partial charge on any atom is 0.272 e. The fourth-order valence-corrected chi connectivity index (χ4v) is 4.99. The summed E-state index contributed by atoms with van der Waals surface area (Å²) in [4.78, 5) is 25.4. The Bertz CT molecular complexity index is 1290. The van der Waals surface area contributed by atoms with Crippen LogP contribution in [0, 0.1) is 0 Å². The van der Waals surface area contributed by atoms with Crippen LogP contribution in [-0.4, -0.2) is 44.8 Å². The lowest BCUT2D eigenvalue weighted by Crippen LogP contribution is -2.32. The number of carbonyl (C=O) groups excluding carboxylic acids is 1. The number of amides is 1. The van der Waals surface area contributed by atoms with Crippen molar-refractivity contribution in [1.82, 2.24) is 24.5 Å². The molecular formula is C25H31N5O3S. The molecule has 1 unspecified atom stereocenters. The van der Waals surface area contributed by atoms with Crippen LogP contribution in [0.4, 0.5) is 0 Å². The van der Waals surface area contributed by atoms with E-state index < -0.39 is 0 Å². The van der Waals surface area contributed by atoms with E-state index in [0.29, 0.717) is 49.3 Å². The fraction of sp³-hybridized carbons (Fsp3) is 0.440. The van der Waals surface area contributed by atoms with Crippen molar-refractivity contribution in [3.05, 3.63) is 63.5 Å². The van der Waals surface area contributed by atoms with Crippen molar-refractivity contribution in [2.75, 3.05) is 13.7 Å². The molecule has 3 aromatic heterocycles. The van der Waals surface area contributed by atoms with Crippen LogP contribution in [0.5, 0.6) is 0 Å². The number of hydrogen-bond donors (Lipinski definition) is 1. The van der Waals surface area contributed by atoms with Crippen LogP contribution in [0.1, 0.15) is 44.0 Å². The molecule has 4 aromatic rings. The number of aromatic nitrogens is 4. The molecule has 0 bridgehead atoms. The predicted octanol–water partition coefficient (Wildman–Crippen LogP) is 3.60. The van der Waals surface area contributed by atoms with Gasteiger partial charge in [0.25, 0.3) is 5.56 Å². The lowest BCUT2D eigenvalue weighted by atomic mass is 10.1. The Kier molecular flexibility index (Phi) is 8.08. The lowest BCUT2D eigenvalue weighted by molar-refractivity contribution is -0.121. The van der Waals surface area contributed by atoms with Gasteiger partial charge in [-0.15, -0.1) is 21.5 Å². The minimum absolute atomic E-state index is 0.0450. The summed E-state index contributed by atoms with van der Waals surface area (Å²) in [6.07, 6.45) is 4.25. The number of thiophene rings is 1. The third-order valence-corrected chi connectivity index (χ3v) is 6.82. The second kappa shape index (κ2) is 11.4. The molecule has 0 spiro atoms. The van der Waals surface area contributed by atoms with Crippen molar-refractivity contribution in [2.45, 2.75) is 58.0 Å². The minimum atomic E-state index is -0.0450. The Balaban J connectivity index is 1.38. The highest BCUT2D eigenvalue weighted by atomic mass is 32.1. The van der Waals surface area contributed by atoms with E-state index in [0.717, 1.165) is 24.2 Å². The minimum Gasteiger partial charge on any atom is -0.385 e. The summed E-state index contributed by atoms with van der Waals surface area (Å²) >= 11 is 1.43. The van der Waals surface area contributed by atoms with E-state index in [1.54, 1.807) is 11.7 Å². The molecule has 1 aromatic carbocycles. The second-order valence-corrected chi connectivity index (χ2v) is 9.45. The summed E-state index contributed by atoms with van der Waals surface area (Å²) in [5, 5.41) is 13.7.